The number of nitrogens with zero attached hydrogens (tertiary/aromatic N) is 1. The van der Waals surface area contributed by atoms with Crippen LogP contribution in [0.15, 0.2) is 10.9 Å². The minimum absolute atomic E-state index is 0. The van der Waals surface area contributed by atoms with Crippen molar-refractivity contribution in [3.05, 3.63) is 16.6 Å². The van der Waals surface area contributed by atoms with Gasteiger partial charge in [-0.05, 0) is 25.8 Å². The Morgan fingerprint density at radius 3 is 3.00 bits per heavy atom. The van der Waals surface area contributed by atoms with Crippen LogP contribution in [0.25, 0.3) is 0 Å². The molecule has 2 N–H and O–H groups in total. The molecule has 7 heteroatoms. The van der Waals surface area contributed by atoms with Crippen molar-refractivity contribution in [2.24, 2.45) is 0 Å². The Kier molecular flexibility index (Phi) is 9.36. The van der Waals surface area contributed by atoms with Crippen molar-refractivity contribution in [2.75, 3.05) is 13.1 Å². The van der Waals surface area contributed by atoms with Crippen molar-refractivity contribution in [1.29, 1.82) is 0 Å². The molecule has 1 aliphatic heterocycles. The Labute approximate surface area is 124 Å². The third-order valence-electron chi connectivity index (χ3n) is 2.75. The molecule has 1 aromatic rings. The standard InChI is InChI=1S/C11H17N3OS.2ClH/c15-11(4-3-10-7-16-8-13-10)14-9-2-1-5-12-6-9;;/h7-9,12H,1-6H2,(H,14,15);2*1H/t9-;;/m0../s1. The lowest BCUT2D eigenvalue weighted by molar-refractivity contribution is -0.121. The van der Waals surface area contributed by atoms with Crippen molar-refractivity contribution in [2.45, 2.75) is 31.7 Å². The molecule has 0 radical (unpaired) electrons. The molecule has 104 valence electrons. The van der Waals surface area contributed by atoms with E-state index in [2.05, 4.69) is 15.6 Å². The van der Waals surface area contributed by atoms with Gasteiger partial charge in [-0.15, -0.1) is 36.2 Å². The van der Waals surface area contributed by atoms with Crippen molar-refractivity contribution in [3.8, 4) is 0 Å². The summed E-state index contributed by atoms with van der Waals surface area (Å²) in [5, 5.41) is 8.34. The molecule has 1 aliphatic rings. The van der Waals surface area contributed by atoms with Crippen molar-refractivity contribution in [3.63, 3.8) is 0 Å². The monoisotopic (exact) mass is 311 g/mol. The number of carbonyl (C=O) groups is 1. The molecule has 0 aliphatic carbocycles. The summed E-state index contributed by atoms with van der Waals surface area (Å²) in [6, 6.07) is 0.316. The van der Waals surface area contributed by atoms with Gasteiger partial charge in [0.2, 0.25) is 5.91 Å². The second-order valence-electron chi connectivity index (χ2n) is 4.09. The average molecular weight is 312 g/mol. The summed E-state index contributed by atoms with van der Waals surface area (Å²) in [7, 11) is 0. The maximum Gasteiger partial charge on any atom is 0.220 e. The summed E-state index contributed by atoms with van der Waals surface area (Å²) < 4.78 is 0. The quantitative estimate of drug-likeness (QED) is 0.891. The van der Waals surface area contributed by atoms with E-state index in [9.17, 15) is 4.79 Å². The van der Waals surface area contributed by atoms with Crippen LogP contribution < -0.4 is 10.6 Å². The topological polar surface area (TPSA) is 54.0 Å². The van der Waals surface area contributed by atoms with Gasteiger partial charge in [-0.25, -0.2) is 4.98 Å². The smallest absolute Gasteiger partial charge is 0.220 e. The van der Waals surface area contributed by atoms with Gasteiger partial charge in [0.15, 0.2) is 0 Å². The number of hydrogen-bond donors (Lipinski definition) is 2. The number of aryl methyl sites for hydroxylation is 1. The molecule has 18 heavy (non-hydrogen) atoms. The van der Waals surface area contributed by atoms with Crippen molar-refractivity contribution < 1.29 is 4.79 Å². The zero-order chi connectivity index (χ0) is 11.2. The minimum atomic E-state index is 0. The lowest BCUT2D eigenvalue weighted by Gasteiger charge is -2.23. The number of aromatic nitrogens is 1. The van der Waals surface area contributed by atoms with Crippen molar-refractivity contribution >= 4 is 42.1 Å². The summed E-state index contributed by atoms with van der Waals surface area (Å²) in [4.78, 5) is 15.8. The van der Waals surface area contributed by atoms with E-state index in [0.717, 1.165) is 38.0 Å². The molecule has 1 amide bonds. The van der Waals surface area contributed by atoms with Crippen LogP contribution in [0.5, 0.6) is 0 Å². The Morgan fingerprint density at radius 2 is 2.39 bits per heavy atom. The summed E-state index contributed by atoms with van der Waals surface area (Å²) in [5.41, 5.74) is 2.82. The van der Waals surface area contributed by atoms with E-state index in [4.69, 9.17) is 0 Å². The number of hydrogen-bond acceptors (Lipinski definition) is 4. The molecular formula is C11H19Cl2N3OS. The van der Waals surface area contributed by atoms with Gasteiger partial charge < -0.3 is 10.6 Å². The molecule has 1 atom stereocenters. The molecule has 2 rings (SSSR count). The van der Waals surface area contributed by atoms with E-state index in [1.807, 2.05) is 5.38 Å². The first-order valence-corrected chi connectivity index (χ1v) is 6.66. The lowest BCUT2D eigenvalue weighted by Crippen LogP contribution is -2.45. The first-order valence-electron chi connectivity index (χ1n) is 5.72. The molecule has 0 bridgehead atoms. The first-order chi connectivity index (χ1) is 7.84. The molecule has 2 heterocycles. The van der Waals surface area contributed by atoms with Crippen LogP contribution in [0.3, 0.4) is 0 Å². The molecule has 4 nitrogen and oxygen atoms in total. The maximum atomic E-state index is 11.6. The molecule has 1 saturated heterocycles. The van der Waals surface area contributed by atoms with Gasteiger partial charge in [0.25, 0.3) is 0 Å². The average Bonchev–Trinajstić information content (AvgIpc) is 2.81. The number of nitrogens with one attached hydrogen (secondary N) is 2. The minimum Gasteiger partial charge on any atom is -0.352 e. The lowest BCUT2D eigenvalue weighted by atomic mass is 10.1. The number of carbonyl (C=O) groups excluding carboxylic acids is 1. The van der Waals surface area contributed by atoms with Crippen LogP contribution in [0, 0.1) is 0 Å². The highest BCUT2D eigenvalue weighted by atomic mass is 35.5. The molecule has 0 unspecified atom stereocenters. The predicted octanol–water partition coefficient (Wildman–Crippen LogP) is 1.79. The van der Waals surface area contributed by atoms with Gasteiger partial charge in [0.1, 0.15) is 0 Å². The Balaban J connectivity index is 0.00000144. The van der Waals surface area contributed by atoms with E-state index < -0.39 is 0 Å². The number of amides is 1. The highest BCUT2D eigenvalue weighted by Crippen LogP contribution is 2.05. The fourth-order valence-electron chi connectivity index (χ4n) is 1.88. The van der Waals surface area contributed by atoms with Crippen LogP contribution in [0.2, 0.25) is 0 Å². The van der Waals surface area contributed by atoms with Crippen LogP contribution in [0.1, 0.15) is 25.0 Å². The summed E-state index contributed by atoms with van der Waals surface area (Å²) in [6.07, 6.45) is 3.53. The zero-order valence-electron chi connectivity index (χ0n) is 10.1. The third kappa shape index (κ3) is 6.00. The number of thiazole rings is 1. The van der Waals surface area contributed by atoms with E-state index in [1.165, 1.54) is 0 Å². The number of rotatable bonds is 4. The summed E-state index contributed by atoms with van der Waals surface area (Å²) >= 11 is 1.57. The first kappa shape index (κ1) is 17.6. The van der Waals surface area contributed by atoms with Crippen LogP contribution in [-0.4, -0.2) is 30.0 Å². The molecule has 0 saturated carbocycles. The van der Waals surface area contributed by atoms with Gasteiger partial charge in [0.05, 0.1) is 11.2 Å². The Bertz CT molecular complexity index is 329. The summed E-state index contributed by atoms with van der Waals surface area (Å²) in [6.45, 7) is 1.98. The van der Waals surface area contributed by atoms with E-state index in [0.29, 0.717) is 12.5 Å². The third-order valence-corrected chi connectivity index (χ3v) is 3.39. The molecule has 1 aromatic heterocycles. The van der Waals surface area contributed by atoms with Crippen LogP contribution >= 0.6 is 36.2 Å². The molecule has 0 spiro atoms. The number of piperidine rings is 1. The highest BCUT2D eigenvalue weighted by molar-refractivity contribution is 7.07. The van der Waals surface area contributed by atoms with Gasteiger partial charge in [-0.1, -0.05) is 0 Å². The van der Waals surface area contributed by atoms with Gasteiger partial charge in [-0.2, -0.15) is 0 Å². The Morgan fingerprint density at radius 1 is 1.56 bits per heavy atom. The van der Waals surface area contributed by atoms with E-state index in [1.54, 1.807) is 16.8 Å². The zero-order valence-corrected chi connectivity index (χ0v) is 12.5. The Hall–Kier alpha value is -0.360. The maximum absolute atomic E-state index is 11.6. The fourth-order valence-corrected chi connectivity index (χ4v) is 2.47. The molecule has 0 aromatic carbocycles. The van der Waals surface area contributed by atoms with Gasteiger partial charge >= 0.3 is 0 Å². The van der Waals surface area contributed by atoms with Crippen LogP contribution in [-0.2, 0) is 11.2 Å². The predicted molar refractivity (Wildman–Crippen MR) is 79.0 cm³/mol. The second-order valence-corrected chi connectivity index (χ2v) is 4.81. The van der Waals surface area contributed by atoms with Crippen molar-refractivity contribution in [1.82, 2.24) is 15.6 Å². The number of halogens is 2. The van der Waals surface area contributed by atoms with E-state index >= 15 is 0 Å². The molecular weight excluding hydrogens is 293 g/mol. The molecule has 1 fully saturated rings. The SMILES string of the molecule is Cl.Cl.O=C(CCc1cscn1)N[C@H]1CCCNC1. The van der Waals surface area contributed by atoms with Gasteiger partial charge in [0, 0.05) is 24.4 Å². The van der Waals surface area contributed by atoms with E-state index in [-0.39, 0.29) is 30.7 Å². The fraction of sp³-hybridized carbons (Fsp3) is 0.636. The largest absolute Gasteiger partial charge is 0.352 e. The highest BCUT2D eigenvalue weighted by Gasteiger charge is 2.14. The normalized spacial score (nSPS) is 18.3. The second kappa shape index (κ2) is 9.55. The summed E-state index contributed by atoms with van der Waals surface area (Å²) in [5.74, 6) is 0.140. The van der Waals surface area contributed by atoms with Crippen LogP contribution in [0.4, 0.5) is 0 Å². The van der Waals surface area contributed by atoms with Gasteiger partial charge in [-0.3, -0.25) is 4.79 Å².